The number of nitrogens with zero attached hydrogens (tertiary/aromatic N) is 1. The van der Waals surface area contributed by atoms with Gasteiger partial charge in [-0.25, -0.2) is 9.59 Å². The van der Waals surface area contributed by atoms with Crippen LogP contribution in [0.15, 0.2) is 0 Å². The Morgan fingerprint density at radius 1 is 1.05 bits per heavy atom. The van der Waals surface area contributed by atoms with Crippen molar-refractivity contribution < 1.29 is 19.1 Å². The minimum absolute atomic E-state index is 0.274. The second-order valence-corrected chi connectivity index (χ2v) is 5.89. The number of ether oxygens (including phenoxy) is 2. The van der Waals surface area contributed by atoms with Gasteiger partial charge in [0.25, 0.3) is 0 Å². The lowest BCUT2D eigenvalue weighted by atomic mass is 10.0. The maximum absolute atomic E-state index is 12.1. The lowest BCUT2D eigenvalue weighted by Crippen LogP contribution is -2.44. The van der Waals surface area contributed by atoms with Crippen LogP contribution >= 0.6 is 0 Å². The average Bonchev–Trinajstić information content (AvgIpc) is 2.38. The number of carbonyl (C=O) groups excluding carboxylic acids is 2. The smallest absolute Gasteiger partial charge is 0.410 e. The van der Waals surface area contributed by atoms with Gasteiger partial charge < -0.3 is 9.47 Å². The third-order valence-electron chi connectivity index (χ3n) is 2.71. The summed E-state index contributed by atoms with van der Waals surface area (Å²) in [5.41, 5.74) is 0. The van der Waals surface area contributed by atoms with Gasteiger partial charge >= 0.3 is 12.1 Å². The zero-order chi connectivity index (χ0) is 15.7. The van der Waals surface area contributed by atoms with Gasteiger partial charge in [0, 0.05) is 7.05 Å². The van der Waals surface area contributed by atoms with E-state index in [0.29, 0.717) is 19.6 Å². The normalized spacial score (nSPS) is 12.4. The minimum atomic E-state index is -0.585. The van der Waals surface area contributed by atoms with Crippen LogP contribution in [0.5, 0.6) is 0 Å². The predicted octanol–water partition coefficient (Wildman–Crippen LogP) is 3.08. The van der Waals surface area contributed by atoms with Crippen LogP contribution in [0.1, 0.15) is 47.5 Å². The van der Waals surface area contributed by atoms with E-state index in [1.165, 1.54) is 4.90 Å². The fourth-order valence-electron chi connectivity index (χ4n) is 1.62. The highest BCUT2D eigenvalue weighted by molar-refractivity contribution is 5.81. The maximum atomic E-state index is 12.1. The summed E-state index contributed by atoms with van der Waals surface area (Å²) >= 11 is 0. The van der Waals surface area contributed by atoms with E-state index in [4.69, 9.17) is 9.47 Å². The zero-order valence-electron chi connectivity index (χ0n) is 13.6. The number of rotatable bonds is 8. The highest BCUT2D eigenvalue weighted by Gasteiger charge is 2.30. The molecule has 118 valence electrons. The van der Waals surface area contributed by atoms with Gasteiger partial charge in [-0.15, -0.1) is 0 Å². The molecule has 0 aliphatic carbocycles. The Labute approximate surface area is 122 Å². The van der Waals surface area contributed by atoms with E-state index in [2.05, 4.69) is 0 Å². The highest BCUT2D eigenvalue weighted by atomic mass is 16.6. The van der Waals surface area contributed by atoms with Crippen molar-refractivity contribution in [2.45, 2.75) is 53.5 Å². The molecule has 0 aromatic heterocycles. The molecule has 1 amide bonds. The molecule has 0 aromatic carbocycles. The summed E-state index contributed by atoms with van der Waals surface area (Å²) in [6.07, 6.45) is 0.847. The Bertz CT molecular complexity index is 302. The van der Waals surface area contributed by atoms with Gasteiger partial charge in [0.2, 0.25) is 0 Å². The molecule has 0 rings (SSSR count). The topological polar surface area (TPSA) is 55.8 Å². The number of likely N-dealkylation sites (N-methyl/N-ethyl adjacent to an activating group) is 1. The van der Waals surface area contributed by atoms with Gasteiger partial charge in [-0.1, -0.05) is 34.6 Å². The second kappa shape index (κ2) is 9.61. The van der Waals surface area contributed by atoms with Crippen molar-refractivity contribution in [2.75, 3.05) is 20.3 Å². The van der Waals surface area contributed by atoms with Crippen molar-refractivity contribution in [2.24, 2.45) is 11.8 Å². The molecule has 0 radical (unpaired) electrons. The van der Waals surface area contributed by atoms with Crippen molar-refractivity contribution in [3.05, 3.63) is 0 Å². The van der Waals surface area contributed by atoms with E-state index in [9.17, 15) is 9.59 Å². The summed E-state index contributed by atoms with van der Waals surface area (Å²) in [6.45, 7) is 10.6. The Hall–Kier alpha value is -1.26. The summed E-state index contributed by atoms with van der Waals surface area (Å²) in [5, 5.41) is 0. The average molecular weight is 287 g/mol. The maximum Gasteiger partial charge on any atom is 0.410 e. The summed E-state index contributed by atoms with van der Waals surface area (Å²) in [7, 11) is 1.58. The largest absolute Gasteiger partial charge is 0.464 e. The first-order valence-corrected chi connectivity index (χ1v) is 7.35. The molecule has 5 nitrogen and oxygen atoms in total. The van der Waals surface area contributed by atoms with E-state index in [1.54, 1.807) is 7.05 Å². The fraction of sp³-hybridized carbons (Fsp3) is 0.867. The number of carbonyl (C=O) groups is 2. The Kier molecular flexibility index (Phi) is 9.01. The number of esters is 1. The van der Waals surface area contributed by atoms with Crippen molar-refractivity contribution in [1.82, 2.24) is 4.90 Å². The Morgan fingerprint density at radius 3 is 2.10 bits per heavy atom. The summed E-state index contributed by atoms with van der Waals surface area (Å²) in [5.74, 6) is 0.201. The van der Waals surface area contributed by atoms with Crippen LogP contribution in [-0.4, -0.2) is 43.3 Å². The molecule has 0 heterocycles. The van der Waals surface area contributed by atoms with Crippen molar-refractivity contribution in [3.8, 4) is 0 Å². The van der Waals surface area contributed by atoms with E-state index in [1.807, 2.05) is 34.6 Å². The van der Waals surface area contributed by atoms with Crippen LogP contribution in [0.25, 0.3) is 0 Å². The molecule has 0 spiro atoms. The summed E-state index contributed by atoms with van der Waals surface area (Å²) in [6, 6.07) is -0.585. The molecule has 0 saturated heterocycles. The summed E-state index contributed by atoms with van der Waals surface area (Å²) < 4.78 is 10.3. The molecular formula is C15H29NO4. The standard InChI is InChI=1S/C15H29NO4/c1-7-8-19-15(18)16(6)13(9-11(2)3)14(17)20-10-12(4)5/h11-13H,7-10H2,1-6H3. The van der Waals surface area contributed by atoms with Crippen LogP contribution in [0.3, 0.4) is 0 Å². The quantitative estimate of drug-likeness (QED) is 0.644. The fourth-order valence-corrected chi connectivity index (χ4v) is 1.62. The monoisotopic (exact) mass is 287 g/mol. The van der Waals surface area contributed by atoms with E-state index in [0.717, 1.165) is 6.42 Å². The third kappa shape index (κ3) is 7.36. The van der Waals surface area contributed by atoms with Gasteiger partial charge in [0.05, 0.1) is 13.2 Å². The lowest BCUT2D eigenvalue weighted by Gasteiger charge is -2.27. The molecule has 1 unspecified atom stereocenters. The third-order valence-corrected chi connectivity index (χ3v) is 2.71. The molecule has 0 fully saturated rings. The van der Waals surface area contributed by atoms with Gasteiger partial charge in [0.15, 0.2) is 0 Å². The van der Waals surface area contributed by atoms with E-state index in [-0.39, 0.29) is 17.8 Å². The molecule has 0 saturated carbocycles. The second-order valence-electron chi connectivity index (χ2n) is 5.89. The molecule has 0 bridgehead atoms. The molecule has 5 heteroatoms. The first-order chi connectivity index (χ1) is 9.29. The van der Waals surface area contributed by atoms with Crippen LogP contribution in [-0.2, 0) is 14.3 Å². The van der Waals surface area contributed by atoms with E-state index < -0.39 is 12.1 Å². The molecule has 0 N–H and O–H groups in total. The highest BCUT2D eigenvalue weighted by Crippen LogP contribution is 2.14. The van der Waals surface area contributed by atoms with Crippen LogP contribution in [0, 0.1) is 11.8 Å². The molecule has 0 aromatic rings. The van der Waals surface area contributed by atoms with Gasteiger partial charge in [0.1, 0.15) is 6.04 Å². The Morgan fingerprint density at radius 2 is 1.65 bits per heavy atom. The van der Waals surface area contributed by atoms with Crippen LogP contribution in [0.4, 0.5) is 4.79 Å². The van der Waals surface area contributed by atoms with Crippen LogP contribution < -0.4 is 0 Å². The molecule has 1 atom stereocenters. The SMILES string of the molecule is CCCOC(=O)N(C)C(CC(C)C)C(=O)OCC(C)C. The molecule has 0 aliphatic heterocycles. The molecular weight excluding hydrogens is 258 g/mol. The lowest BCUT2D eigenvalue weighted by molar-refractivity contribution is -0.150. The summed E-state index contributed by atoms with van der Waals surface area (Å²) in [4.78, 5) is 25.3. The zero-order valence-corrected chi connectivity index (χ0v) is 13.6. The van der Waals surface area contributed by atoms with Crippen LogP contribution in [0.2, 0.25) is 0 Å². The van der Waals surface area contributed by atoms with E-state index >= 15 is 0 Å². The molecule has 0 aliphatic rings. The minimum Gasteiger partial charge on any atom is -0.464 e. The number of amides is 1. The number of hydrogen-bond acceptors (Lipinski definition) is 4. The Balaban J connectivity index is 4.67. The number of hydrogen-bond donors (Lipinski definition) is 0. The van der Waals surface area contributed by atoms with Gasteiger partial charge in [-0.2, -0.15) is 0 Å². The van der Waals surface area contributed by atoms with Crippen molar-refractivity contribution in [3.63, 3.8) is 0 Å². The van der Waals surface area contributed by atoms with Crippen molar-refractivity contribution >= 4 is 12.1 Å². The van der Waals surface area contributed by atoms with Gasteiger partial charge in [-0.05, 0) is 24.7 Å². The van der Waals surface area contributed by atoms with Gasteiger partial charge in [-0.3, -0.25) is 4.90 Å². The first-order valence-electron chi connectivity index (χ1n) is 7.35. The molecule has 20 heavy (non-hydrogen) atoms. The van der Waals surface area contributed by atoms with Crippen molar-refractivity contribution in [1.29, 1.82) is 0 Å². The predicted molar refractivity (Wildman–Crippen MR) is 78.4 cm³/mol. The first kappa shape index (κ1) is 18.7.